The fourth-order valence-corrected chi connectivity index (χ4v) is 3.12. The molecule has 0 radical (unpaired) electrons. The monoisotopic (exact) mass is 269 g/mol. The molecule has 1 aliphatic carbocycles. The molecule has 0 spiro atoms. The van der Waals surface area contributed by atoms with Crippen molar-refractivity contribution in [3.05, 3.63) is 23.8 Å². The van der Waals surface area contributed by atoms with E-state index in [2.05, 4.69) is 9.47 Å². The number of hydrogen-bond donors (Lipinski definition) is 1. The van der Waals surface area contributed by atoms with Crippen molar-refractivity contribution in [1.82, 2.24) is 0 Å². The number of halogens is 2. The molecule has 0 saturated heterocycles. The van der Waals surface area contributed by atoms with Crippen LogP contribution in [0, 0.1) is 0 Å². The molecule has 0 atom stereocenters. The third-order valence-electron chi connectivity index (χ3n) is 4.22. The first-order valence-electron chi connectivity index (χ1n) is 6.65. The van der Waals surface area contributed by atoms with E-state index >= 15 is 0 Å². The van der Waals surface area contributed by atoms with Gasteiger partial charge in [-0.05, 0) is 30.5 Å². The Balaban J connectivity index is 1.94. The van der Waals surface area contributed by atoms with Crippen molar-refractivity contribution in [1.29, 1.82) is 0 Å². The SMILES string of the molecule is NCC1(c2ccc3c(c2)OC(F)(F)O3)CCCCC1. The van der Waals surface area contributed by atoms with Crippen LogP contribution in [0.2, 0.25) is 0 Å². The maximum Gasteiger partial charge on any atom is 0.586 e. The van der Waals surface area contributed by atoms with Gasteiger partial charge in [0, 0.05) is 12.0 Å². The topological polar surface area (TPSA) is 44.5 Å². The molecule has 1 aromatic rings. The summed E-state index contributed by atoms with van der Waals surface area (Å²) in [4.78, 5) is 0. The van der Waals surface area contributed by atoms with E-state index in [9.17, 15) is 8.78 Å². The first kappa shape index (κ1) is 12.7. The Morgan fingerprint density at radius 2 is 1.74 bits per heavy atom. The maximum atomic E-state index is 13.0. The van der Waals surface area contributed by atoms with Gasteiger partial charge in [-0.15, -0.1) is 8.78 Å². The predicted octanol–water partition coefficient (Wildman–Crippen LogP) is 3.17. The maximum absolute atomic E-state index is 13.0. The number of hydrogen-bond acceptors (Lipinski definition) is 3. The van der Waals surface area contributed by atoms with Crippen LogP contribution in [-0.2, 0) is 5.41 Å². The van der Waals surface area contributed by atoms with Crippen LogP contribution in [0.1, 0.15) is 37.7 Å². The smallest absolute Gasteiger partial charge is 0.395 e. The van der Waals surface area contributed by atoms with Crippen molar-refractivity contribution in [3.8, 4) is 11.5 Å². The molecule has 0 unspecified atom stereocenters. The lowest BCUT2D eigenvalue weighted by Crippen LogP contribution is -2.37. The molecule has 2 N–H and O–H groups in total. The average molecular weight is 269 g/mol. The van der Waals surface area contributed by atoms with Gasteiger partial charge in [0.25, 0.3) is 0 Å². The highest BCUT2D eigenvalue weighted by molar-refractivity contribution is 5.47. The van der Waals surface area contributed by atoms with Crippen LogP contribution in [0.3, 0.4) is 0 Å². The van der Waals surface area contributed by atoms with E-state index in [0.29, 0.717) is 6.54 Å². The fraction of sp³-hybridized carbons (Fsp3) is 0.571. The standard InChI is InChI=1S/C14H17F2NO2/c15-14(16)18-11-5-4-10(8-12(11)19-14)13(9-17)6-2-1-3-7-13/h4-5,8H,1-3,6-7,9,17H2. The molecule has 0 aromatic heterocycles. The van der Waals surface area contributed by atoms with Crippen LogP contribution < -0.4 is 15.2 Å². The second-order valence-electron chi connectivity index (χ2n) is 5.37. The first-order valence-corrected chi connectivity index (χ1v) is 6.65. The van der Waals surface area contributed by atoms with Gasteiger partial charge in [-0.1, -0.05) is 25.3 Å². The molecule has 3 nitrogen and oxygen atoms in total. The molecular weight excluding hydrogens is 252 g/mol. The number of benzene rings is 1. The Hall–Kier alpha value is -1.36. The minimum atomic E-state index is -3.55. The van der Waals surface area contributed by atoms with Gasteiger partial charge in [0.1, 0.15) is 0 Å². The van der Waals surface area contributed by atoms with Gasteiger partial charge in [-0.3, -0.25) is 0 Å². The van der Waals surface area contributed by atoms with E-state index in [1.54, 1.807) is 12.1 Å². The lowest BCUT2D eigenvalue weighted by molar-refractivity contribution is -0.286. The van der Waals surface area contributed by atoms with Gasteiger partial charge in [0.2, 0.25) is 0 Å². The van der Waals surface area contributed by atoms with E-state index in [-0.39, 0.29) is 16.9 Å². The molecule has 1 heterocycles. The summed E-state index contributed by atoms with van der Waals surface area (Å²) in [5, 5.41) is 0. The molecule has 0 amide bonds. The predicted molar refractivity (Wildman–Crippen MR) is 66.5 cm³/mol. The van der Waals surface area contributed by atoms with Crippen molar-refractivity contribution in [2.45, 2.75) is 43.8 Å². The number of nitrogens with two attached hydrogens (primary N) is 1. The van der Waals surface area contributed by atoms with Crippen molar-refractivity contribution in [2.24, 2.45) is 5.73 Å². The zero-order chi connectivity index (χ0) is 13.5. The molecule has 1 fully saturated rings. The second-order valence-corrected chi connectivity index (χ2v) is 5.37. The van der Waals surface area contributed by atoms with E-state index in [0.717, 1.165) is 31.2 Å². The van der Waals surface area contributed by atoms with E-state index in [1.165, 1.54) is 6.42 Å². The summed E-state index contributed by atoms with van der Waals surface area (Å²) in [5.41, 5.74) is 6.83. The molecule has 19 heavy (non-hydrogen) atoms. The normalized spacial score (nSPS) is 23.3. The first-order chi connectivity index (χ1) is 9.05. The van der Waals surface area contributed by atoms with Gasteiger partial charge in [-0.25, -0.2) is 0 Å². The van der Waals surface area contributed by atoms with Crippen LogP contribution in [0.15, 0.2) is 18.2 Å². The molecule has 2 aliphatic rings. The fourth-order valence-electron chi connectivity index (χ4n) is 3.12. The molecule has 0 bridgehead atoms. The molecule has 104 valence electrons. The van der Waals surface area contributed by atoms with E-state index < -0.39 is 6.29 Å². The van der Waals surface area contributed by atoms with E-state index in [1.807, 2.05) is 6.07 Å². The Morgan fingerprint density at radius 3 is 2.42 bits per heavy atom. The third-order valence-corrected chi connectivity index (χ3v) is 4.22. The quantitative estimate of drug-likeness (QED) is 0.896. The molecular formula is C14H17F2NO2. The van der Waals surface area contributed by atoms with Crippen molar-refractivity contribution >= 4 is 0 Å². The van der Waals surface area contributed by atoms with Crippen molar-refractivity contribution < 1.29 is 18.3 Å². The molecule has 5 heteroatoms. The lowest BCUT2D eigenvalue weighted by Gasteiger charge is -2.36. The lowest BCUT2D eigenvalue weighted by atomic mass is 9.69. The van der Waals surface area contributed by atoms with Crippen LogP contribution in [0.4, 0.5) is 8.78 Å². The molecule has 3 rings (SSSR count). The Kier molecular flexibility index (Phi) is 2.89. The molecule has 1 aromatic carbocycles. The minimum Gasteiger partial charge on any atom is -0.395 e. The summed E-state index contributed by atoms with van der Waals surface area (Å²) in [7, 11) is 0. The largest absolute Gasteiger partial charge is 0.586 e. The van der Waals surface area contributed by atoms with Gasteiger partial charge < -0.3 is 15.2 Å². The zero-order valence-corrected chi connectivity index (χ0v) is 10.6. The third kappa shape index (κ3) is 2.16. The average Bonchev–Trinajstić information content (AvgIpc) is 2.72. The number of fused-ring (bicyclic) bond motifs is 1. The molecule has 1 saturated carbocycles. The van der Waals surface area contributed by atoms with Gasteiger partial charge in [0.15, 0.2) is 11.5 Å². The minimum absolute atomic E-state index is 0.0942. The van der Waals surface area contributed by atoms with Gasteiger partial charge in [0.05, 0.1) is 0 Å². The van der Waals surface area contributed by atoms with Crippen LogP contribution in [0.25, 0.3) is 0 Å². The second kappa shape index (κ2) is 4.34. The van der Waals surface area contributed by atoms with Crippen LogP contribution >= 0.6 is 0 Å². The zero-order valence-electron chi connectivity index (χ0n) is 10.6. The Bertz CT molecular complexity index is 484. The summed E-state index contributed by atoms with van der Waals surface area (Å²) in [5.74, 6) is 0.206. The number of alkyl halides is 2. The molecule has 1 aliphatic heterocycles. The number of rotatable bonds is 2. The Labute approximate surface area is 110 Å². The highest BCUT2D eigenvalue weighted by Gasteiger charge is 2.44. The van der Waals surface area contributed by atoms with Crippen molar-refractivity contribution in [3.63, 3.8) is 0 Å². The summed E-state index contributed by atoms with van der Waals surface area (Å²) < 4.78 is 35.0. The van der Waals surface area contributed by atoms with Gasteiger partial charge in [-0.2, -0.15) is 0 Å². The Morgan fingerprint density at radius 1 is 1.05 bits per heavy atom. The van der Waals surface area contributed by atoms with Crippen LogP contribution in [0.5, 0.6) is 11.5 Å². The summed E-state index contributed by atoms with van der Waals surface area (Å²) >= 11 is 0. The van der Waals surface area contributed by atoms with Crippen LogP contribution in [-0.4, -0.2) is 12.8 Å². The van der Waals surface area contributed by atoms with Gasteiger partial charge >= 0.3 is 6.29 Å². The summed E-state index contributed by atoms with van der Waals surface area (Å²) in [6.45, 7) is 0.531. The van der Waals surface area contributed by atoms with Crippen molar-refractivity contribution in [2.75, 3.05) is 6.54 Å². The highest BCUT2D eigenvalue weighted by Crippen LogP contribution is 2.45. The summed E-state index contributed by atoms with van der Waals surface area (Å²) in [6, 6.07) is 5.05. The van der Waals surface area contributed by atoms with E-state index in [4.69, 9.17) is 5.73 Å². The summed E-state index contributed by atoms with van der Waals surface area (Å²) in [6.07, 6.45) is 1.91. The number of ether oxygens (including phenoxy) is 2. The highest BCUT2D eigenvalue weighted by atomic mass is 19.3.